The Morgan fingerprint density at radius 1 is 1.15 bits per heavy atom. The molecule has 1 saturated carbocycles. The molecule has 1 aliphatic carbocycles. The Morgan fingerprint density at radius 2 is 1.93 bits per heavy atom. The van der Waals surface area contributed by atoms with E-state index >= 15 is 0 Å². The number of nitrogens with one attached hydrogen (secondary N) is 2. The van der Waals surface area contributed by atoms with Gasteiger partial charge in [-0.15, -0.1) is 0 Å². The number of ether oxygens (including phenoxy) is 1. The summed E-state index contributed by atoms with van der Waals surface area (Å²) in [7, 11) is 0. The van der Waals surface area contributed by atoms with Crippen LogP contribution in [0.1, 0.15) is 44.1 Å². The summed E-state index contributed by atoms with van der Waals surface area (Å²) < 4.78 is 43.5. The van der Waals surface area contributed by atoms with E-state index in [1.165, 1.54) is 0 Å². The highest BCUT2D eigenvalue weighted by molar-refractivity contribution is 5.94. The van der Waals surface area contributed by atoms with Crippen LogP contribution in [0.2, 0.25) is 0 Å². The number of alkyl halides is 3. The summed E-state index contributed by atoms with van der Waals surface area (Å²) in [6, 6.07) is 7.61. The van der Waals surface area contributed by atoms with E-state index in [2.05, 4.69) is 10.6 Å². The van der Waals surface area contributed by atoms with Crippen molar-refractivity contribution in [1.82, 2.24) is 5.32 Å². The molecule has 3 rings (SSSR count). The van der Waals surface area contributed by atoms with Crippen LogP contribution >= 0.6 is 0 Å². The van der Waals surface area contributed by atoms with Crippen molar-refractivity contribution in [3.8, 4) is 0 Å². The van der Waals surface area contributed by atoms with Crippen molar-refractivity contribution in [3.05, 3.63) is 29.8 Å². The van der Waals surface area contributed by atoms with E-state index in [0.29, 0.717) is 31.9 Å². The van der Waals surface area contributed by atoms with Crippen LogP contribution in [-0.4, -0.2) is 31.3 Å². The Balaban J connectivity index is 1.40. The number of hydrogen-bond acceptors (Lipinski definition) is 3. The largest absolute Gasteiger partial charge is 0.391 e. The zero-order valence-corrected chi connectivity index (χ0v) is 15.4. The lowest BCUT2D eigenvalue weighted by Gasteiger charge is -2.30. The van der Waals surface area contributed by atoms with Crippen molar-refractivity contribution in [2.45, 2.75) is 57.3 Å². The molecule has 7 heteroatoms. The van der Waals surface area contributed by atoms with Gasteiger partial charge >= 0.3 is 6.18 Å². The first-order valence-electron chi connectivity index (χ1n) is 9.70. The Hall–Kier alpha value is -1.60. The number of hydrogen-bond donors (Lipinski definition) is 2. The maximum absolute atomic E-state index is 12.7. The van der Waals surface area contributed by atoms with E-state index < -0.39 is 12.1 Å². The molecule has 2 aliphatic rings. The number of carbonyl (C=O) groups excluding carboxylic acids is 1. The highest BCUT2D eigenvalue weighted by Crippen LogP contribution is 2.39. The second-order valence-electron chi connectivity index (χ2n) is 7.58. The van der Waals surface area contributed by atoms with Crippen molar-refractivity contribution in [3.63, 3.8) is 0 Å². The fraction of sp³-hybridized carbons (Fsp3) is 0.650. The number of benzene rings is 1. The molecule has 4 nitrogen and oxygen atoms in total. The molecule has 1 amide bonds. The summed E-state index contributed by atoms with van der Waals surface area (Å²) in [5.41, 5.74) is 1.77. The summed E-state index contributed by atoms with van der Waals surface area (Å²) in [6.45, 7) is 1.98. The first-order valence-corrected chi connectivity index (χ1v) is 9.70. The van der Waals surface area contributed by atoms with E-state index in [9.17, 15) is 18.0 Å². The minimum Gasteiger partial charge on any atom is -0.368 e. The Labute approximate surface area is 157 Å². The third-order valence-electron chi connectivity index (χ3n) is 5.49. The second-order valence-corrected chi connectivity index (χ2v) is 7.58. The number of anilines is 1. The van der Waals surface area contributed by atoms with Crippen LogP contribution in [0, 0.1) is 11.8 Å². The number of amides is 1. The summed E-state index contributed by atoms with van der Waals surface area (Å²) in [4.78, 5) is 12.1. The van der Waals surface area contributed by atoms with Crippen LogP contribution < -0.4 is 10.6 Å². The zero-order valence-electron chi connectivity index (χ0n) is 15.4. The minimum absolute atomic E-state index is 0.112. The van der Waals surface area contributed by atoms with Crippen LogP contribution in [0.25, 0.3) is 0 Å². The standard InChI is InChI=1S/C20H27F3N2O2/c21-20(22,23)16-8-6-14(7-9-16)12-24-13-15-3-1-4-17(11-15)25-19(26)18-5-2-10-27-18/h1,3-4,11,14,16,18,24H,2,5-10,12-13H2,(H,25,26). The molecule has 2 N–H and O–H groups in total. The SMILES string of the molecule is O=C(Nc1cccc(CNCC2CCC(C(F)(F)F)CC2)c1)C1CCCO1. The van der Waals surface area contributed by atoms with Crippen LogP contribution in [0.3, 0.4) is 0 Å². The molecule has 1 heterocycles. The maximum Gasteiger partial charge on any atom is 0.391 e. The smallest absolute Gasteiger partial charge is 0.368 e. The Kier molecular flexibility index (Phi) is 6.76. The normalized spacial score (nSPS) is 26.1. The van der Waals surface area contributed by atoms with Gasteiger partial charge in [-0.3, -0.25) is 4.79 Å². The summed E-state index contributed by atoms with van der Waals surface area (Å²) in [6.07, 6.45) is -1.04. The molecule has 0 bridgehead atoms. The zero-order chi connectivity index (χ0) is 19.3. The van der Waals surface area contributed by atoms with Crippen LogP contribution in [0.5, 0.6) is 0 Å². The topological polar surface area (TPSA) is 50.4 Å². The van der Waals surface area contributed by atoms with E-state index in [1.807, 2.05) is 24.3 Å². The average molecular weight is 384 g/mol. The van der Waals surface area contributed by atoms with Gasteiger partial charge in [0.25, 0.3) is 5.91 Å². The lowest BCUT2D eigenvalue weighted by atomic mass is 9.81. The van der Waals surface area contributed by atoms with Gasteiger partial charge in [0.15, 0.2) is 0 Å². The Morgan fingerprint density at radius 3 is 2.59 bits per heavy atom. The minimum atomic E-state index is -4.05. The molecule has 0 spiro atoms. The quantitative estimate of drug-likeness (QED) is 0.770. The van der Waals surface area contributed by atoms with Gasteiger partial charge in [-0.1, -0.05) is 12.1 Å². The molecular weight excluding hydrogens is 357 g/mol. The fourth-order valence-corrected chi connectivity index (χ4v) is 3.88. The maximum atomic E-state index is 12.7. The fourth-order valence-electron chi connectivity index (χ4n) is 3.88. The monoisotopic (exact) mass is 384 g/mol. The van der Waals surface area contributed by atoms with Crippen molar-refractivity contribution < 1.29 is 22.7 Å². The van der Waals surface area contributed by atoms with E-state index in [-0.39, 0.29) is 24.9 Å². The predicted molar refractivity (Wildman–Crippen MR) is 97.3 cm³/mol. The molecule has 1 aliphatic heterocycles. The molecule has 1 aromatic carbocycles. The first-order chi connectivity index (χ1) is 12.9. The predicted octanol–water partition coefficient (Wildman–Crippen LogP) is 4.26. The molecule has 0 radical (unpaired) electrons. The first kappa shape index (κ1) is 20.1. The van der Waals surface area contributed by atoms with Crippen LogP contribution in [0.4, 0.5) is 18.9 Å². The molecule has 150 valence electrons. The lowest BCUT2D eigenvalue weighted by molar-refractivity contribution is -0.183. The van der Waals surface area contributed by atoms with Crippen molar-refractivity contribution >= 4 is 11.6 Å². The third-order valence-corrected chi connectivity index (χ3v) is 5.49. The van der Waals surface area contributed by atoms with Gasteiger partial charge in [0.2, 0.25) is 0 Å². The average Bonchev–Trinajstić information content (AvgIpc) is 3.17. The van der Waals surface area contributed by atoms with E-state index in [0.717, 1.165) is 30.6 Å². The summed E-state index contributed by atoms with van der Waals surface area (Å²) in [5.74, 6) is -0.942. The molecule has 1 aromatic rings. The van der Waals surface area contributed by atoms with Gasteiger partial charge in [-0.2, -0.15) is 13.2 Å². The molecule has 2 fully saturated rings. The Bertz CT molecular complexity index is 622. The van der Waals surface area contributed by atoms with Crippen LogP contribution in [0.15, 0.2) is 24.3 Å². The highest BCUT2D eigenvalue weighted by atomic mass is 19.4. The molecule has 27 heavy (non-hydrogen) atoms. The molecule has 1 saturated heterocycles. The van der Waals surface area contributed by atoms with Gasteiger partial charge in [0, 0.05) is 18.8 Å². The molecule has 1 unspecified atom stereocenters. The van der Waals surface area contributed by atoms with Gasteiger partial charge in [-0.25, -0.2) is 0 Å². The van der Waals surface area contributed by atoms with Gasteiger partial charge in [0.1, 0.15) is 6.10 Å². The second kappa shape index (κ2) is 9.06. The third kappa shape index (κ3) is 5.94. The van der Waals surface area contributed by atoms with Crippen molar-refractivity contribution in [2.75, 3.05) is 18.5 Å². The van der Waals surface area contributed by atoms with E-state index in [4.69, 9.17) is 4.74 Å². The van der Waals surface area contributed by atoms with Gasteiger partial charge < -0.3 is 15.4 Å². The molecule has 1 atom stereocenters. The van der Waals surface area contributed by atoms with E-state index in [1.54, 1.807) is 0 Å². The molecular formula is C20H27F3N2O2. The number of halogens is 3. The molecule has 0 aromatic heterocycles. The van der Waals surface area contributed by atoms with Gasteiger partial charge in [0.05, 0.1) is 5.92 Å². The van der Waals surface area contributed by atoms with Crippen LogP contribution in [-0.2, 0) is 16.1 Å². The van der Waals surface area contributed by atoms with Crippen molar-refractivity contribution in [2.24, 2.45) is 11.8 Å². The highest BCUT2D eigenvalue weighted by Gasteiger charge is 2.41. The van der Waals surface area contributed by atoms with Crippen molar-refractivity contribution in [1.29, 1.82) is 0 Å². The lowest BCUT2D eigenvalue weighted by Crippen LogP contribution is -2.31. The summed E-state index contributed by atoms with van der Waals surface area (Å²) in [5, 5.41) is 6.23. The number of rotatable bonds is 6. The number of carbonyl (C=O) groups is 1. The summed E-state index contributed by atoms with van der Waals surface area (Å²) >= 11 is 0. The van der Waals surface area contributed by atoms with Gasteiger partial charge in [-0.05, 0) is 68.7 Å².